The van der Waals surface area contributed by atoms with Gasteiger partial charge in [-0.2, -0.15) is 5.10 Å². The molecule has 0 aliphatic heterocycles. The maximum Gasteiger partial charge on any atom is 0.211 e. The molecule has 0 heterocycles. The van der Waals surface area contributed by atoms with Crippen LogP contribution in [-0.2, 0) is 0 Å². The Bertz CT molecular complexity index is 372. The molecule has 0 atom stereocenters. The molecule has 1 rings (SSSR count). The second-order valence-electron chi connectivity index (χ2n) is 3.19. The van der Waals surface area contributed by atoms with Gasteiger partial charge in [-0.1, -0.05) is 6.92 Å². The highest BCUT2D eigenvalue weighted by Gasteiger charge is 1.92. The van der Waals surface area contributed by atoms with Crippen LogP contribution in [0.5, 0.6) is 5.75 Å². The van der Waals surface area contributed by atoms with Gasteiger partial charge in [0.1, 0.15) is 5.75 Å². The molecule has 0 spiro atoms. The van der Waals surface area contributed by atoms with Crippen LogP contribution in [0, 0.1) is 0 Å². The SMILES string of the molecule is CCCOc1ccc(C=NN=C(N)N)cc1.Cl. The molecule has 0 saturated heterocycles. The van der Waals surface area contributed by atoms with Crippen LogP contribution in [0.1, 0.15) is 18.9 Å². The van der Waals surface area contributed by atoms with E-state index in [1.165, 1.54) is 0 Å². The van der Waals surface area contributed by atoms with Crippen LogP contribution < -0.4 is 16.2 Å². The van der Waals surface area contributed by atoms with Crippen molar-refractivity contribution in [3.05, 3.63) is 29.8 Å². The van der Waals surface area contributed by atoms with Crippen LogP contribution in [0.2, 0.25) is 0 Å². The van der Waals surface area contributed by atoms with Gasteiger partial charge in [0.15, 0.2) is 0 Å². The van der Waals surface area contributed by atoms with Crippen molar-refractivity contribution in [3.8, 4) is 5.75 Å². The third kappa shape index (κ3) is 6.42. The number of ether oxygens (including phenoxy) is 1. The summed E-state index contributed by atoms with van der Waals surface area (Å²) >= 11 is 0. The summed E-state index contributed by atoms with van der Waals surface area (Å²) in [6.45, 7) is 2.79. The normalized spacial score (nSPS) is 9.71. The molecule has 0 aromatic heterocycles. The zero-order valence-corrected chi connectivity index (χ0v) is 10.5. The summed E-state index contributed by atoms with van der Waals surface area (Å²) in [7, 11) is 0. The van der Waals surface area contributed by atoms with E-state index in [0.717, 1.165) is 24.3 Å². The maximum absolute atomic E-state index is 5.44. The summed E-state index contributed by atoms with van der Waals surface area (Å²) in [5, 5.41) is 7.21. The van der Waals surface area contributed by atoms with Gasteiger partial charge >= 0.3 is 0 Å². The molecule has 94 valence electrons. The fourth-order valence-corrected chi connectivity index (χ4v) is 1.03. The molecule has 17 heavy (non-hydrogen) atoms. The number of halogens is 1. The average molecular weight is 257 g/mol. The van der Waals surface area contributed by atoms with Gasteiger partial charge in [0.2, 0.25) is 5.96 Å². The largest absolute Gasteiger partial charge is 0.494 e. The topological polar surface area (TPSA) is 86.0 Å². The van der Waals surface area contributed by atoms with E-state index in [9.17, 15) is 0 Å². The standard InChI is InChI=1S/C11H16N4O.ClH/c1-2-7-16-10-5-3-9(4-6-10)8-14-15-11(12)13;/h3-6,8H,2,7H2,1H3,(H4,12,13,15);1H. The lowest BCUT2D eigenvalue weighted by Gasteiger charge is -2.03. The number of nitrogens with two attached hydrogens (primary N) is 2. The summed E-state index contributed by atoms with van der Waals surface area (Å²) in [6.07, 6.45) is 2.57. The van der Waals surface area contributed by atoms with Gasteiger partial charge in [-0.05, 0) is 36.2 Å². The molecular formula is C11H17ClN4O. The Kier molecular flexibility index (Phi) is 7.54. The van der Waals surface area contributed by atoms with Gasteiger partial charge in [-0.25, -0.2) is 0 Å². The van der Waals surface area contributed by atoms with Gasteiger partial charge in [-0.15, -0.1) is 17.5 Å². The predicted octanol–water partition coefficient (Wildman–Crippen LogP) is 1.50. The molecule has 0 bridgehead atoms. The Morgan fingerprint density at radius 2 is 1.94 bits per heavy atom. The van der Waals surface area contributed by atoms with E-state index in [4.69, 9.17) is 16.2 Å². The lowest BCUT2D eigenvalue weighted by Crippen LogP contribution is -2.21. The number of hydrogen-bond donors (Lipinski definition) is 2. The Hall–Kier alpha value is -1.75. The second kappa shape index (κ2) is 8.41. The molecule has 0 radical (unpaired) electrons. The molecule has 6 heteroatoms. The lowest BCUT2D eigenvalue weighted by molar-refractivity contribution is 0.317. The smallest absolute Gasteiger partial charge is 0.211 e. The molecule has 4 N–H and O–H groups in total. The van der Waals surface area contributed by atoms with Crippen molar-refractivity contribution in [2.24, 2.45) is 21.7 Å². The van der Waals surface area contributed by atoms with Gasteiger partial charge in [-0.3, -0.25) is 0 Å². The summed E-state index contributed by atoms with van der Waals surface area (Å²) < 4.78 is 5.44. The number of nitrogens with zero attached hydrogens (tertiary/aromatic N) is 2. The fourth-order valence-electron chi connectivity index (χ4n) is 1.03. The second-order valence-corrected chi connectivity index (χ2v) is 3.19. The Morgan fingerprint density at radius 1 is 1.29 bits per heavy atom. The molecular weight excluding hydrogens is 240 g/mol. The molecule has 1 aromatic carbocycles. The van der Waals surface area contributed by atoms with Crippen molar-refractivity contribution < 1.29 is 4.74 Å². The van der Waals surface area contributed by atoms with Crippen molar-refractivity contribution in [2.45, 2.75) is 13.3 Å². The average Bonchev–Trinajstić information content (AvgIpc) is 2.27. The minimum absolute atomic E-state index is 0. The first-order chi connectivity index (χ1) is 7.72. The first-order valence-corrected chi connectivity index (χ1v) is 5.07. The van der Waals surface area contributed by atoms with Crippen LogP contribution in [0.4, 0.5) is 0 Å². The zero-order chi connectivity index (χ0) is 11.8. The Morgan fingerprint density at radius 3 is 2.47 bits per heavy atom. The predicted molar refractivity (Wildman–Crippen MR) is 72.9 cm³/mol. The highest BCUT2D eigenvalue weighted by atomic mass is 35.5. The highest BCUT2D eigenvalue weighted by molar-refractivity contribution is 5.85. The Balaban J connectivity index is 0.00000256. The van der Waals surface area contributed by atoms with Crippen molar-refractivity contribution in [3.63, 3.8) is 0 Å². The van der Waals surface area contributed by atoms with Gasteiger partial charge in [0, 0.05) is 0 Å². The monoisotopic (exact) mass is 256 g/mol. The summed E-state index contributed by atoms with van der Waals surface area (Å²) in [4.78, 5) is 0. The molecule has 1 aromatic rings. The number of hydrogen-bond acceptors (Lipinski definition) is 3. The van der Waals surface area contributed by atoms with Gasteiger partial charge < -0.3 is 16.2 Å². The number of rotatable bonds is 5. The van der Waals surface area contributed by atoms with E-state index in [-0.39, 0.29) is 18.4 Å². The minimum atomic E-state index is -0.0563. The van der Waals surface area contributed by atoms with Gasteiger partial charge in [0.25, 0.3) is 0 Å². The molecule has 0 saturated carbocycles. The quantitative estimate of drug-likeness (QED) is 0.476. The third-order valence-corrected chi connectivity index (χ3v) is 1.73. The van der Waals surface area contributed by atoms with Gasteiger partial charge in [0.05, 0.1) is 12.8 Å². The van der Waals surface area contributed by atoms with Crippen molar-refractivity contribution >= 4 is 24.6 Å². The maximum atomic E-state index is 5.44. The first-order valence-electron chi connectivity index (χ1n) is 5.07. The van der Waals surface area contributed by atoms with E-state index < -0.39 is 0 Å². The lowest BCUT2D eigenvalue weighted by atomic mass is 10.2. The summed E-state index contributed by atoms with van der Waals surface area (Å²) in [5.41, 5.74) is 11.2. The van der Waals surface area contributed by atoms with Crippen LogP contribution in [0.3, 0.4) is 0 Å². The molecule has 0 aliphatic rings. The number of benzene rings is 1. The van der Waals surface area contributed by atoms with Crippen LogP contribution in [0.15, 0.2) is 34.5 Å². The Labute approximate surface area is 107 Å². The summed E-state index contributed by atoms with van der Waals surface area (Å²) in [5.74, 6) is 0.792. The van der Waals surface area contributed by atoms with E-state index >= 15 is 0 Å². The molecule has 0 aliphatic carbocycles. The third-order valence-electron chi connectivity index (χ3n) is 1.73. The van der Waals surface area contributed by atoms with Crippen LogP contribution >= 0.6 is 12.4 Å². The van der Waals surface area contributed by atoms with Crippen LogP contribution in [-0.4, -0.2) is 18.8 Å². The first kappa shape index (κ1) is 15.2. The minimum Gasteiger partial charge on any atom is -0.494 e. The fraction of sp³-hybridized carbons (Fsp3) is 0.273. The van der Waals surface area contributed by atoms with E-state index in [0.29, 0.717) is 0 Å². The van der Waals surface area contributed by atoms with E-state index in [1.54, 1.807) is 6.21 Å². The molecule has 0 fully saturated rings. The van der Waals surface area contributed by atoms with E-state index in [2.05, 4.69) is 17.1 Å². The van der Waals surface area contributed by atoms with Crippen molar-refractivity contribution in [1.82, 2.24) is 0 Å². The van der Waals surface area contributed by atoms with Crippen molar-refractivity contribution in [1.29, 1.82) is 0 Å². The highest BCUT2D eigenvalue weighted by Crippen LogP contribution is 2.11. The van der Waals surface area contributed by atoms with Crippen LogP contribution in [0.25, 0.3) is 0 Å². The molecule has 0 amide bonds. The summed E-state index contributed by atoms with van der Waals surface area (Å²) in [6, 6.07) is 7.53. The van der Waals surface area contributed by atoms with E-state index in [1.807, 2.05) is 24.3 Å². The molecule has 0 unspecified atom stereocenters. The molecule has 5 nitrogen and oxygen atoms in total. The zero-order valence-electron chi connectivity index (χ0n) is 9.67. The number of guanidine groups is 1. The van der Waals surface area contributed by atoms with Crippen molar-refractivity contribution in [2.75, 3.05) is 6.61 Å².